The molecule has 1 rings (SSSR count). The Bertz CT molecular complexity index is 402. The predicted molar refractivity (Wildman–Crippen MR) is 78.5 cm³/mol. The maximum Gasteiger partial charge on any atom is 0.273 e. The highest BCUT2D eigenvalue weighted by Crippen LogP contribution is 2.14. The van der Waals surface area contributed by atoms with E-state index in [0.717, 1.165) is 32.5 Å². The molecule has 20 heavy (non-hydrogen) atoms. The van der Waals surface area contributed by atoms with Gasteiger partial charge in [0, 0.05) is 13.1 Å². The van der Waals surface area contributed by atoms with Gasteiger partial charge in [0.05, 0.1) is 6.04 Å². The lowest BCUT2D eigenvalue weighted by molar-refractivity contribution is 0.0944. The van der Waals surface area contributed by atoms with E-state index in [1.54, 1.807) is 0 Å². The Labute approximate surface area is 120 Å². The Morgan fingerprint density at radius 3 is 2.75 bits per heavy atom. The zero-order valence-electron chi connectivity index (χ0n) is 12.7. The van der Waals surface area contributed by atoms with E-state index < -0.39 is 0 Å². The van der Waals surface area contributed by atoms with Crippen LogP contribution >= 0.6 is 0 Å². The van der Waals surface area contributed by atoms with Crippen molar-refractivity contribution >= 4 is 5.91 Å². The number of nitrogens with one attached hydrogen (secondary N) is 1. The summed E-state index contributed by atoms with van der Waals surface area (Å²) in [6.45, 7) is 9.64. The van der Waals surface area contributed by atoms with Gasteiger partial charge in [0.15, 0.2) is 5.69 Å². The zero-order valence-corrected chi connectivity index (χ0v) is 12.7. The molecule has 0 fully saturated rings. The van der Waals surface area contributed by atoms with Crippen molar-refractivity contribution in [2.24, 2.45) is 5.73 Å². The lowest BCUT2D eigenvalue weighted by atomic mass is 10.2. The number of amides is 1. The number of carbonyl (C=O) groups is 1. The molecule has 1 atom stereocenters. The number of hydrogen-bond acceptors (Lipinski definition) is 5. The summed E-state index contributed by atoms with van der Waals surface area (Å²) in [6.07, 6.45) is 3.12. The monoisotopic (exact) mass is 282 g/mol. The maximum atomic E-state index is 11.9. The molecule has 1 aromatic rings. The molecule has 0 aliphatic rings. The minimum atomic E-state index is -0.239. The highest BCUT2D eigenvalue weighted by molar-refractivity contribution is 5.91. The lowest BCUT2D eigenvalue weighted by Gasteiger charge is -2.17. The molecule has 1 unspecified atom stereocenters. The molecule has 0 aromatic carbocycles. The van der Waals surface area contributed by atoms with Crippen molar-refractivity contribution < 1.29 is 9.21 Å². The van der Waals surface area contributed by atoms with Crippen LogP contribution in [0.2, 0.25) is 0 Å². The summed E-state index contributed by atoms with van der Waals surface area (Å²) in [5, 5.41) is 2.84. The summed E-state index contributed by atoms with van der Waals surface area (Å²) < 4.78 is 5.26. The van der Waals surface area contributed by atoms with E-state index in [4.69, 9.17) is 10.2 Å². The van der Waals surface area contributed by atoms with Crippen molar-refractivity contribution in [1.29, 1.82) is 0 Å². The molecular weight excluding hydrogens is 256 g/mol. The van der Waals surface area contributed by atoms with Gasteiger partial charge in [-0.2, -0.15) is 0 Å². The minimum absolute atomic E-state index is 0.212. The van der Waals surface area contributed by atoms with Gasteiger partial charge in [-0.3, -0.25) is 4.79 Å². The molecule has 0 spiro atoms. The van der Waals surface area contributed by atoms with Crippen LogP contribution in [0.3, 0.4) is 0 Å². The molecule has 0 saturated heterocycles. The van der Waals surface area contributed by atoms with Crippen LogP contribution in [0.1, 0.15) is 56.0 Å². The smallest absolute Gasteiger partial charge is 0.273 e. The number of carbonyl (C=O) groups excluding carboxylic acids is 1. The molecule has 6 nitrogen and oxygen atoms in total. The minimum Gasteiger partial charge on any atom is -0.446 e. The maximum absolute atomic E-state index is 11.9. The van der Waals surface area contributed by atoms with Crippen LogP contribution < -0.4 is 11.1 Å². The highest BCUT2D eigenvalue weighted by Gasteiger charge is 2.16. The third-order valence-corrected chi connectivity index (χ3v) is 3.28. The summed E-state index contributed by atoms with van der Waals surface area (Å²) in [7, 11) is 0. The van der Waals surface area contributed by atoms with Gasteiger partial charge in [-0.1, -0.05) is 27.2 Å². The summed E-state index contributed by atoms with van der Waals surface area (Å²) in [5.74, 6) is 0.219. The number of hydrogen-bond donors (Lipinski definition) is 2. The number of nitrogens with two attached hydrogens (primary N) is 1. The third-order valence-electron chi connectivity index (χ3n) is 3.28. The van der Waals surface area contributed by atoms with Gasteiger partial charge in [-0.15, -0.1) is 0 Å². The van der Waals surface area contributed by atoms with Gasteiger partial charge in [0.1, 0.15) is 6.26 Å². The summed E-state index contributed by atoms with van der Waals surface area (Å²) >= 11 is 0. The van der Waals surface area contributed by atoms with E-state index in [-0.39, 0.29) is 11.9 Å². The van der Waals surface area contributed by atoms with Crippen molar-refractivity contribution in [3.05, 3.63) is 17.8 Å². The fourth-order valence-electron chi connectivity index (χ4n) is 1.95. The first-order chi connectivity index (χ1) is 9.62. The summed E-state index contributed by atoms with van der Waals surface area (Å²) in [5.41, 5.74) is 6.20. The quantitative estimate of drug-likeness (QED) is 0.718. The molecule has 1 amide bonds. The molecule has 0 aliphatic carbocycles. The standard InChI is InChI=1S/C14H26N4O2/c1-4-7-11(15)14-17-12(10-20-14)13(19)16-8-9-18(5-2)6-3/h10-11H,4-9,15H2,1-3H3,(H,16,19). The molecule has 3 N–H and O–H groups in total. The second kappa shape index (κ2) is 8.71. The van der Waals surface area contributed by atoms with Crippen LogP contribution in [0, 0.1) is 0 Å². The van der Waals surface area contributed by atoms with Crippen molar-refractivity contribution in [3.63, 3.8) is 0 Å². The van der Waals surface area contributed by atoms with Crippen LogP contribution in [0.15, 0.2) is 10.7 Å². The van der Waals surface area contributed by atoms with Crippen molar-refractivity contribution in [2.45, 2.75) is 39.7 Å². The fraction of sp³-hybridized carbons (Fsp3) is 0.714. The predicted octanol–water partition coefficient (Wildman–Crippen LogP) is 1.55. The van der Waals surface area contributed by atoms with E-state index in [1.807, 2.05) is 6.92 Å². The van der Waals surface area contributed by atoms with Crippen LogP contribution in [0.5, 0.6) is 0 Å². The van der Waals surface area contributed by atoms with Gasteiger partial charge in [0.25, 0.3) is 5.91 Å². The largest absolute Gasteiger partial charge is 0.446 e. The third kappa shape index (κ3) is 4.94. The Morgan fingerprint density at radius 1 is 1.45 bits per heavy atom. The Morgan fingerprint density at radius 2 is 2.15 bits per heavy atom. The number of nitrogens with zero attached hydrogens (tertiary/aromatic N) is 2. The van der Waals surface area contributed by atoms with E-state index in [1.165, 1.54) is 6.26 Å². The molecule has 0 saturated carbocycles. The average molecular weight is 282 g/mol. The van der Waals surface area contributed by atoms with E-state index in [0.29, 0.717) is 18.1 Å². The molecule has 1 aromatic heterocycles. The molecular formula is C14H26N4O2. The molecule has 114 valence electrons. The first kappa shape index (κ1) is 16.7. The van der Waals surface area contributed by atoms with Gasteiger partial charge in [0.2, 0.25) is 5.89 Å². The summed E-state index contributed by atoms with van der Waals surface area (Å²) in [4.78, 5) is 18.3. The zero-order chi connectivity index (χ0) is 15.0. The SMILES string of the molecule is CCCC(N)c1nc(C(=O)NCCN(CC)CC)co1. The molecule has 6 heteroatoms. The Balaban J connectivity index is 2.44. The second-order valence-electron chi connectivity index (χ2n) is 4.75. The molecule has 0 bridgehead atoms. The van der Waals surface area contributed by atoms with Crippen molar-refractivity contribution in [3.8, 4) is 0 Å². The Hall–Kier alpha value is -1.40. The van der Waals surface area contributed by atoms with Crippen molar-refractivity contribution in [1.82, 2.24) is 15.2 Å². The van der Waals surface area contributed by atoms with Crippen LogP contribution in [-0.2, 0) is 0 Å². The van der Waals surface area contributed by atoms with Crippen molar-refractivity contribution in [2.75, 3.05) is 26.2 Å². The summed E-state index contributed by atoms with van der Waals surface area (Å²) in [6, 6.07) is -0.239. The molecule has 0 radical (unpaired) electrons. The molecule has 0 aliphatic heterocycles. The topological polar surface area (TPSA) is 84.4 Å². The van der Waals surface area contributed by atoms with Crippen LogP contribution in [0.25, 0.3) is 0 Å². The number of likely N-dealkylation sites (N-methyl/N-ethyl adjacent to an activating group) is 1. The van der Waals surface area contributed by atoms with E-state index in [2.05, 4.69) is 29.0 Å². The second-order valence-corrected chi connectivity index (χ2v) is 4.75. The van der Waals surface area contributed by atoms with Gasteiger partial charge < -0.3 is 20.4 Å². The number of aromatic nitrogens is 1. The van der Waals surface area contributed by atoms with Crippen LogP contribution in [-0.4, -0.2) is 42.0 Å². The van der Waals surface area contributed by atoms with Gasteiger partial charge >= 0.3 is 0 Å². The first-order valence-corrected chi connectivity index (χ1v) is 7.33. The van der Waals surface area contributed by atoms with E-state index >= 15 is 0 Å². The van der Waals surface area contributed by atoms with E-state index in [9.17, 15) is 4.79 Å². The fourth-order valence-corrected chi connectivity index (χ4v) is 1.95. The Kier molecular flexibility index (Phi) is 7.25. The van der Waals surface area contributed by atoms with Crippen LogP contribution in [0.4, 0.5) is 0 Å². The average Bonchev–Trinajstić information content (AvgIpc) is 2.93. The van der Waals surface area contributed by atoms with Gasteiger partial charge in [-0.05, 0) is 19.5 Å². The first-order valence-electron chi connectivity index (χ1n) is 7.33. The number of rotatable bonds is 9. The highest BCUT2D eigenvalue weighted by atomic mass is 16.3. The molecule has 1 heterocycles. The van der Waals surface area contributed by atoms with Gasteiger partial charge in [-0.25, -0.2) is 4.98 Å². The number of oxazole rings is 1. The normalized spacial score (nSPS) is 12.7. The lowest BCUT2D eigenvalue weighted by Crippen LogP contribution is -2.34.